The van der Waals surface area contributed by atoms with E-state index in [0.717, 1.165) is 0 Å². The highest BCUT2D eigenvalue weighted by Gasteiger charge is 2.08. The number of hydrogen-bond acceptors (Lipinski definition) is 3. The van der Waals surface area contributed by atoms with Gasteiger partial charge in [0.25, 0.3) is 0 Å². The van der Waals surface area contributed by atoms with Gasteiger partial charge in [-0.25, -0.2) is 0 Å². The molecule has 3 heteroatoms. The molecule has 0 aromatic heterocycles. The number of nitrogens with one attached hydrogen (secondary N) is 1. The first kappa shape index (κ1) is 15.9. The smallest absolute Gasteiger partial charge is 0.0107 e. The van der Waals surface area contributed by atoms with E-state index in [9.17, 15) is 0 Å². The van der Waals surface area contributed by atoms with Crippen molar-refractivity contribution < 1.29 is 0 Å². The largest absolute Gasteiger partial charge is 0.315 e. The molecule has 18 heavy (non-hydrogen) atoms. The lowest BCUT2D eigenvalue weighted by Gasteiger charge is -2.22. The van der Waals surface area contributed by atoms with E-state index in [1.807, 2.05) is 0 Å². The van der Waals surface area contributed by atoms with Gasteiger partial charge in [-0.3, -0.25) is 0 Å². The van der Waals surface area contributed by atoms with Gasteiger partial charge >= 0.3 is 0 Å². The Balaban J connectivity index is 2.04. The van der Waals surface area contributed by atoms with E-state index in [0.29, 0.717) is 0 Å². The molecule has 1 saturated heterocycles. The molecule has 1 aliphatic rings. The number of hydrogen-bond donors (Lipinski definition) is 1. The van der Waals surface area contributed by atoms with Crippen LogP contribution in [0.2, 0.25) is 0 Å². The van der Waals surface area contributed by atoms with Gasteiger partial charge in [-0.2, -0.15) is 0 Å². The minimum Gasteiger partial charge on any atom is -0.315 e. The Morgan fingerprint density at radius 1 is 0.944 bits per heavy atom. The van der Waals surface area contributed by atoms with Crippen LogP contribution >= 0.6 is 0 Å². The summed E-state index contributed by atoms with van der Waals surface area (Å²) in [5.74, 6) is 0. The van der Waals surface area contributed by atoms with E-state index in [1.54, 1.807) is 0 Å². The van der Waals surface area contributed by atoms with Gasteiger partial charge in [0, 0.05) is 13.1 Å². The van der Waals surface area contributed by atoms with Crippen LogP contribution in [0.25, 0.3) is 0 Å². The highest BCUT2D eigenvalue weighted by atomic mass is 15.1. The summed E-state index contributed by atoms with van der Waals surface area (Å²) in [7, 11) is 0. The van der Waals surface area contributed by atoms with E-state index >= 15 is 0 Å². The predicted octanol–water partition coefficient (Wildman–Crippen LogP) is 2.18. The zero-order chi connectivity index (χ0) is 13.1. The van der Waals surface area contributed by atoms with Crippen LogP contribution in [-0.4, -0.2) is 62.2 Å². The Hall–Kier alpha value is -0.120. The molecular formula is C15H33N3. The molecule has 1 heterocycles. The van der Waals surface area contributed by atoms with Gasteiger partial charge in [0.05, 0.1) is 0 Å². The molecule has 0 spiro atoms. The molecule has 3 nitrogen and oxygen atoms in total. The molecule has 0 atom stereocenters. The average Bonchev–Trinajstić information content (AvgIpc) is 2.63. The highest BCUT2D eigenvalue weighted by molar-refractivity contribution is 4.66. The Morgan fingerprint density at radius 3 is 2.44 bits per heavy atom. The Morgan fingerprint density at radius 2 is 1.72 bits per heavy atom. The van der Waals surface area contributed by atoms with Crippen LogP contribution in [0.3, 0.4) is 0 Å². The van der Waals surface area contributed by atoms with Gasteiger partial charge in [-0.1, -0.05) is 13.8 Å². The summed E-state index contributed by atoms with van der Waals surface area (Å²) in [5.41, 5.74) is 0. The average molecular weight is 255 g/mol. The van der Waals surface area contributed by atoms with E-state index in [1.165, 1.54) is 84.5 Å². The molecule has 1 N–H and O–H groups in total. The first-order valence-corrected chi connectivity index (χ1v) is 8.02. The molecular weight excluding hydrogens is 222 g/mol. The zero-order valence-electron chi connectivity index (χ0n) is 12.6. The molecule has 0 aromatic carbocycles. The molecule has 1 rings (SSSR count). The van der Waals surface area contributed by atoms with Crippen molar-refractivity contribution in [1.29, 1.82) is 0 Å². The normalized spacial score (nSPS) is 18.2. The van der Waals surface area contributed by atoms with Crippen LogP contribution in [0.4, 0.5) is 0 Å². The SMILES string of the molecule is CCCN(CCC)CCCCN1CCCNCC1. The molecule has 0 aromatic rings. The molecule has 108 valence electrons. The number of unbranched alkanes of at least 4 members (excludes halogenated alkanes) is 1. The fraction of sp³-hybridized carbons (Fsp3) is 1.00. The van der Waals surface area contributed by atoms with Crippen molar-refractivity contribution in [3.63, 3.8) is 0 Å². The van der Waals surface area contributed by atoms with Gasteiger partial charge in [0.2, 0.25) is 0 Å². The Bertz CT molecular complexity index is 167. The van der Waals surface area contributed by atoms with Gasteiger partial charge in [-0.05, 0) is 71.4 Å². The zero-order valence-corrected chi connectivity index (χ0v) is 12.6. The van der Waals surface area contributed by atoms with E-state index in [2.05, 4.69) is 29.0 Å². The van der Waals surface area contributed by atoms with Gasteiger partial charge in [0.1, 0.15) is 0 Å². The van der Waals surface area contributed by atoms with Crippen LogP contribution < -0.4 is 5.32 Å². The molecule has 0 unspecified atom stereocenters. The lowest BCUT2D eigenvalue weighted by molar-refractivity contribution is 0.247. The molecule has 0 bridgehead atoms. The maximum absolute atomic E-state index is 3.47. The maximum Gasteiger partial charge on any atom is 0.0107 e. The van der Waals surface area contributed by atoms with Crippen molar-refractivity contribution in [2.24, 2.45) is 0 Å². The quantitative estimate of drug-likeness (QED) is 0.637. The van der Waals surface area contributed by atoms with E-state index in [4.69, 9.17) is 0 Å². The van der Waals surface area contributed by atoms with Crippen LogP contribution in [0, 0.1) is 0 Å². The van der Waals surface area contributed by atoms with Gasteiger partial charge in [0.15, 0.2) is 0 Å². The summed E-state index contributed by atoms with van der Waals surface area (Å²) in [4.78, 5) is 5.26. The van der Waals surface area contributed by atoms with E-state index in [-0.39, 0.29) is 0 Å². The third-order valence-electron chi connectivity index (χ3n) is 3.71. The van der Waals surface area contributed by atoms with Crippen LogP contribution in [0.5, 0.6) is 0 Å². The van der Waals surface area contributed by atoms with Crippen LogP contribution in [-0.2, 0) is 0 Å². The minimum atomic E-state index is 1.18. The number of rotatable bonds is 9. The van der Waals surface area contributed by atoms with Crippen molar-refractivity contribution in [2.75, 3.05) is 52.4 Å². The van der Waals surface area contributed by atoms with Crippen LogP contribution in [0.15, 0.2) is 0 Å². The van der Waals surface area contributed by atoms with Crippen molar-refractivity contribution >= 4 is 0 Å². The second-order valence-electron chi connectivity index (χ2n) is 5.49. The second kappa shape index (κ2) is 10.8. The molecule has 0 radical (unpaired) electrons. The number of nitrogens with zero attached hydrogens (tertiary/aromatic N) is 2. The van der Waals surface area contributed by atoms with Gasteiger partial charge < -0.3 is 15.1 Å². The second-order valence-corrected chi connectivity index (χ2v) is 5.49. The highest BCUT2D eigenvalue weighted by Crippen LogP contribution is 2.02. The van der Waals surface area contributed by atoms with Gasteiger partial charge in [-0.15, -0.1) is 0 Å². The summed E-state index contributed by atoms with van der Waals surface area (Å²) in [6.07, 6.45) is 6.63. The van der Waals surface area contributed by atoms with Crippen molar-refractivity contribution in [3.8, 4) is 0 Å². The standard InChI is InChI=1S/C15H33N3/c1-3-10-17(11-4-2)12-5-6-13-18-14-7-8-16-9-15-18/h16H,3-15H2,1-2H3. The fourth-order valence-electron chi connectivity index (χ4n) is 2.76. The molecule has 0 saturated carbocycles. The Kier molecular flexibility index (Phi) is 9.54. The monoisotopic (exact) mass is 255 g/mol. The summed E-state index contributed by atoms with van der Waals surface area (Å²) >= 11 is 0. The van der Waals surface area contributed by atoms with Crippen molar-refractivity contribution in [2.45, 2.75) is 46.0 Å². The topological polar surface area (TPSA) is 18.5 Å². The van der Waals surface area contributed by atoms with Crippen molar-refractivity contribution in [3.05, 3.63) is 0 Å². The first-order chi connectivity index (χ1) is 8.86. The molecule has 0 amide bonds. The molecule has 1 aliphatic heterocycles. The molecule has 0 aliphatic carbocycles. The summed E-state index contributed by atoms with van der Waals surface area (Å²) in [5, 5.41) is 3.47. The Labute approximate surface area is 114 Å². The third kappa shape index (κ3) is 7.34. The summed E-state index contributed by atoms with van der Waals surface area (Å²) < 4.78 is 0. The van der Waals surface area contributed by atoms with Crippen molar-refractivity contribution in [1.82, 2.24) is 15.1 Å². The third-order valence-corrected chi connectivity index (χ3v) is 3.71. The van der Waals surface area contributed by atoms with Crippen LogP contribution in [0.1, 0.15) is 46.0 Å². The minimum absolute atomic E-state index is 1.18. The lowest BCUT2D eigenvalue weighted by atomic mass is 10.2. The fourth-order valence-corrected chi connectivity index (χ4v) is 2.76. The summed E-state index contributed by atoms with van der Waals surface area (Å²) in [6.45, 7) is 14.6. The lowest BCUT2D eigenvalue weighted by Crippen LogP contribution is -2.30. The summed E-state index contributed by atoms with van der Waals surface area (Å²) in [6, 6.07) is 0. The maximum atomic E-state index is 3.47. The molecule has 1 fully saturated rings. The predicted molar refractivity (Wildman–Crippen MR) is 80.2 cm³/mol. The van der Waals surface area contributed by atoms with E-state index < -0.39 is 0 Å². The first-order valence-electron chi connectivity index (χ1n) is 8.02.